The third-order valence-corrected chi connectivity index (χ3v) is 3.36. The van der Waals surface area contributed by atoms with Crippen molar-refractivity contribution >= 4 is 5.78 Å². The first-order valence-corrected chi connectivity index (χ1v) is 5.93. The van der Waals surface area contributed by atoms with E-state index in [1.807, 2.05) is 19.3 Å². The summed E-state index contributed by atoms with van der Waals surface area (Å²) in [7, 11) is 1.86. The number of hydrogen-bond donors (Lipinski definition) is 1. The maximum atomic E-state index is 12.1. The zero-order chi connectivity index (χ0) is 11.5. The quantitative estimate of drug-likeness (QED) is 0.830. The van der Waals surface area contributed by atoms with E-state index in [2.05, 4.69) is 5.10 Å². The maximum absolute atomic E-state index is 12.1. The Balaban J connectivity index is 1.96. The van der Waals surface area contributed by atoms with Crippen LogP contribution in [0.4, 0.5) is 0 Å². The van der Waals surface area contributed by atoms with Crippen molar-refractivity contribution in [2.45, 2.75) is 38.1 Å². The lowest BCUT2D eigenvalue weighted by atomic mass is 9.81. The van der Waals surface area contributed by atoms with Gasteiger partial charge in [0.05, 0.1) is 12.1 Å². The summed E-state index contributed by atoms with van der Waals surface area (Å²) in [5.74, 6) is 0.307. The van der Waals surface area contributed by atoms with Crippen LogP contribution in [0.15, 0.2) is 12.3 Å². The summed E-state index contributed by atoms with van der Waals surface area (Å²) in [6.45, 7) is 0. The Morgan fingerprint density at radius 3 is 2.94 bits per heavy atom. The van der Waals surface area contributed by atoms with Gasteiger partial charge in [0, 0.05) is 25.2 Å². The Morgan fingerprint density at radius 1 is 1.56 bits per heavy atom. The van der Waals surface area contributed by atoms with Crippen molar-refractivity contribution in [2.75, 3.05) is 0 Å². The van der Waals surface area contributed by atoms with Crippen LogP contribution in [-0.2, 0) is 18.3 Å². The summed E-state index contributed by atoms with van der Waals surface area (Å²) in [5, 5.41) is 4.23. The molecule has 2 N–H and O–H groups in total. The Kier molecular flexibility index (Phi) is 3.39. The van der Waals surface area contributed by atoms with Gasteiger partial charge >= 0.3 is 0 Å². The molecule has 16 heavy (non-hydrogen) atoms. The van der Waals surface area contributed by atoms with Crippen molar-refractivity contribution in [3.8, 4) is 0 Å². The van der Waals surface area contributed by atoms with Crippen molar-refractivity contribution in [2.24, 2.45) is 18.7 Å². The van der Waals surface area contributed by atoms with Gasteiger partial charge < -0.3 is 5.73 Å². The molecule has 1 aliphatic carbocycles. The molecule has 0 aliphatic heterocycles. The average Bonchev–Trinajstić information content (AvgIpc) is 2.64. The molecule has 1 saturated carbocycles. The first kappa shape index (κ1) is 11.3. The fraction of sp³-hybridized carbons (Fsp3) is 0.667. The number of carbonyl (C=O) groups excluding carboxylic acids is 1. The number of nitrogens with zero attached hydrogens (tertiary/aromatic N) is 2. The lowest BCUT2D eigenvalue weighted by Gasteiger charge is -2.27. The third kappa shape index (κ3) is 2.50. The second-order valence-corrected chi connectivity index (χ2v) is 4.68. The van der Waals surface area contributed by atoms with Crippen LogP contribution in [-0.4, -0.2) is 21.6 Å². The highest BCUT2D eigenvalue weighted by Gasteiger charge is 2.28. The van der Waals surface area contributed by atoms with Gasteiger partial charge in [0.25, 0.3) is 0 Å². The molecule has 0 radical (unpaired) electrons. The standard InChI is InChI=1S/C12H19N3O/c1-15-7-6-9(14-15)8-12(16)10-4-2-3-5-11(10)13/h6-7,10-11H,2-5,8,13H2,1H3. The summed E-state index contributed by atoms with van der Waals surface area (Å²) in [6, 6.07) is 1.96. The Morgan fingerprint density at radius 2 is 2.31 bits per heavy atom. The van der Waals surface area contributed by atoms with Crippen molar-refractivity contribution in [3.63, 3.8) is 0 Å². The summed E-state index contributed by atoms with van der Waals surface area (Å²) in [4.78, 5) is 12.1. The normalized spacial score (nSPS) is 25.6. The minimum absolute atomic E-state index is 0.0516. The van der Waals surface area contributed by atoms with Crippen molar-refractivity contribution in [3.05, 3.63) is 18.0 Å². The number of Topliss-reactive ketones (excluding diaryl/α,β-unsaturated/α-hetero) is 1. The first-order valence-electron chi connectivity index (χ1n) is 5.93. The predicted molar refractivity (Wildman–Crippen MR) is 61.9 cm³/mol. The number of aryl methyl sites for hydroxylation is 1. The first-order chi connectivity index (χ1) is 7.66. The van der Waals surface area contributed by atoms with Crippen molar-refractivity contribution in [1.82, 2.24) is 9.78 Å². The number of ketones is 1. The van der Waals surface area contributed by atoms with Gasteiger partial charge in [-0.3, -0.25) is 9.48 Å². The molecule has 1 aliphatic rings. The number of carbonyl (C=O) groups is 1. The van der Waals surface area contributed by atoms with Gasteiger partial charge in [-0.1, -0.05) is 12.8 Å². The molecule has 1 fully saturated rings. The minimum atomic E-state index is 0.0516. The molecule has 0 amide bonds. The zero-order valence-electron chi connectivity index (χ0n) is 9.72. The summed E-state index contributed by atoms with van der Waals surface area (Å²) in [5.41, 5.74) is 6.84. The molecule has 0 aromatic carbocycles. The average molecular weight is 221 g/mol. The van der Waals surface area contributed by atoms with E-state index in [-0.39, 0.29) is 17.7 Å². The van der Waals surface area contributed by atoms with Gasteiger partial charge in [-0.05, 0) is 18.9 Å². The second kappa shape index (κ2) is 4.78. The lowest BCUT2D eigenvalue weighted by Crippen LogP contribution is -2.38. The lowest BCUT2D eigenvalue weighted by molar-refractivity contribution is -0.123. The molecule has 88 valence electrons. The van der Waals surface area contributed by atoms with Crippen molar-refractivity contribution < 1.29 is 4.79 Å². The van der Waals surface area contributed by atoms with Crippen LogP contribution in [0.1, 0.15) is 31.4 Å². The summed E-state index contributed by atoms with van der Waals surface area (Å²) in [6.07, 6.45) is 6.52. The molecule has 1 aromatic rings. The van der Waals surface area contributed by atoms with Crippen molar-refractivity contribution in [1.29, 1.82) is 0 Å². The smallest absolute Gasteiger partial charge is 0.143 e. The highest BCUT2D eigenvalue weighted by molar-refractivity contribution is 5.83. The molecule has 0 spiro atoms. The van der Waals surface area contributed by atoms with Crippen LogP contribution >= 0.6 is 0 Å². The molecule has 4 nitrogen and oxygen atoms in total. The molecule has 2 unspecified atom stereocenters. The van der Waals surface area contributed by atoms with E-state index >= 15 is 0 Å². The monoisotopic (exact) mass is 221 g/mol. The Labute approximate surface area is 95.8 Å². The number of nitrogens with two attached hydrogens (primary N) is 1. The highest BCUT2D eigenvalue weighted by Crippen LogP contribution is 2.24. The van der Waals surface area contributed by atoms with Crippen LogP contribution in [0.25, 0.3) is 0 Å². The molecule has 0 saturated heterocycles. The van der Waals surface area contributed by atoms with Crippen LogP contribution in [0.5, 0.6) is 0 Å². The minimum Gasteiger partial charge on any atom is -0.327 e. The SMILES string of the molecule is Cn1ccc(CC(=O)C2CCCCC2N)n1. The van der Waals surface area contributed by atoms with Gasteiger partial charge in [0.1, 0.15) is 5.78 Å². The molecule has 1 aromatic heterocycles. The van der Waals surface area contributed by atoms with Crippen LogP contribution < -0.4 is 5.73 Å². The van der Waals surface area contributed by atoms with Crippen LogP contribution in [0.3, 0.4) is 0 Å². The second-order valence-electron chi connectivity index (χ2n) is 4.68. The third-order valence-electron chi connectivity index (χ3n) is 3.36. The maximum Gasteiger partial charge on any atom is 0.143 e. The fourth-order valence-electron chi connectivity index (χ4n) is 2.43. The van der Waals surface area contributed by atoms with E-state index in [4.69, 9.17) is 5.73 Å². The highest BCUT2D eigenvalue weighted by atomic mass is 16.1. The largest absolute Gasteiger partial charge is 0.327 e. The molecule has 2 atom stereocenters. The van der Waals surface area contributed by atoms with E-state index in [0.29, 0.717) is 6.42 Å². The van der Waals surface area contributed by atoms with Gasteiger partial charge in [0.15, 0.2) is 0 Å². The molecular weight excluding hydrogens is 202 g/mol. The van der Waals surface area contributed by atoms with E-state index in [0.717, 1.165) is 31.4 Å². The van der Waals surface area contributed by atoms with Crippen LogP contribution in [0.2, 0.25) is 0 Å². The zero-order valence-corrected chi connectivity index (χ0v) is 9.72. The van der Waals surface area contributed by atoms with E-state index < -0.39 is 0 Å². The number of aromatic nitrogens is 2. The Hall–Kier alpha value is -1.16. The summed E-state index contributed by atoms with van der Waals surface area (Å²) >= 11 is 0. The molecule has 1 heterocycles. The fourth-order valence-corrected chi connectivity index (χ4v) is 2.43. The van der Waals surface area contributed by atoms with E-state index in [9.17, 15) is 4.79 Å². The van der Waals surface area contributed by atoms with Gasteiger partial charge in [0.2, 0.25) is 0 Å². The molecule has 0 bridgehead atoms. The number of hydrogen-bond acceptors (Lipinski definition) is 3. The number of rotatable bonds is 3. The van der Waals surface area contributed by atoms with E-state index in [1.54, 1.807) is 4.68 Å². The summed E-state index contributed by atoms with van der Waals surface area (Å²) < 4.78 is 1.73. The molecular formula is C12H19N3O. The Bertz CT molecular complexity index is 372. The predicted octanol–water partition coefficient (Wildman–Crippen LogP) is 1.05. The molecule has 2 rings (SSSR count). The van der Waals surface area contributed by atoms with Crippen LogP contribution in [0, 0.1) is 5.92 Å². The van der Waals surface area contributed by atoms with Gasteiger partial charge in [-0.15, -0.1) is 0 Å². The van der Waals surface area contributed by atoms with Gasteiger partial charge in [-0.2, -0.15) is 5.10 Å². The van der Waals surface area contributed by atoms with Gasteiger partial charge in [-0.25, -0.2) is 0 Å². The topological polar surface area (TPSA) is 60.9 Å². The van der Waals surface area contributed by atoms with E-state index in [1.165, 1.54) is 0 Å². The molecule has 4 heteroatoms.